The van der Waals surface area contributed by atoms with E-state index >= 15 is 0 Å². The second kappa shape index (κ2) is 6.04. The summed E-state index contributed by atoms with van der Waals surface area (Å²) in [5.41, 5.74) is 1.30. The lowest BCUT2D eigenvalue weighted by atomic mass is 9.83. The van der Waals surface area contributed by atoms with Crippen molar-refractivity contribution in [1.82, 2.24) is 0 Å². The molecule has 1 aliphatic rings. The van der Waals surface area contributed by atoms with Crippen LogP contribution < -0.4 is 0 Å². The molecule has 1 unspecified atom stereocenters. The van der Waals surface area contributed by atoms with Gasteiger partial charge in [0.15, 0.2) is 0 Å². The fourth-order valence-corrected chi connectivity index (χ4v) is 4.15. The Morgan fingerprint density at radius 3 is 2.48 bits per heavy atom. The van der Waals surface area contributed by atoms with Crippen molar-refractivity contribution in [2.24, 2.45) is 5.92 Å². The van der Waals surface area contributed by atoms with Crippen molar-refractivity contribution in [2.45, 2.75) is 42.9 Å². The number of halogens is 3. The summed E-state index contributed by atoms with van der Waals surface area (Å²) in [7, 11) is 0. The van der Waals surface area contributed by atoms with E-state index in [1.807, 2.05) is 6.07 Å². The Hall–Kier alpha value is -0.960. The van der Waals surface area contributed by atoms with E-state index in [1.54, 1.807) is 0 Å². The van der Waals surface area contributed by atoms with Gasteiger partial charge in [-0.05, 0) is 41.5 Å². The Labute approximate surface area is 132 Å². The van der Waals surface area contributed by atoms with Crippen LogP contribution in [0.1, 0.15) is 31.2 Å². The molecule has 0 N–H and O–H groups in total. The average Bonchev–Trinajstić information content (AvgIpc) is 2.47. The van der Waals surface area contributed by atoms with Gasteiger partial charge >= 0.3 is 0 Å². The minimum absolute atomic E-state index is 0.0370. The monoisotopic (exact) mass is 352 g/mol. The molecule has 0 aromatic heterocycles. The summed E-state index contributed by atoms with van der Waals surface area (Å²) < 4.78 is 26.5. The molecule has 1 saturated carbocycles. The normalized spacial score (nSPS) is 20.5. The summed E-state index contributed by atoms with van der Waals surface area (Å²) in [6.07, 6.45) is 2.21. The zero-order valence-electron chi connectivity index (χ0n) is 11.9. The van der Waals surface area contributed by atoms with E-state index in [0.717, 1.165) is 6.42 Å². The number of hydrogen-bond acceptors (Lipinski definition) is 0. The van der Waals surface area contributed by atoms with Gasteiger partial charge in [0.2, 0.25) is 5.92 Å². The molecular formula is C18H19BrF2. The molecular weight excluding hydrogens is 334 g/mol. The third kappa shape index (κ3) is 3.45. The standard InChI is InChI=1S/C18H19BrF2/c19-17(14-8-10-18(20,21)11-9-14)12-15-6-3-5-13-4-1-2-7-16(13)15/h1-7,14,17H,8-12H2. The topological polar surface area (TPSA) is 0 Å². The average molecular weight is 353 g/mol. The zero-order chi connectivity index (χ0) is 14.9. The number of fused-ring (bicyclic) bond motifs is 1. The minimum Gasteiger partial charge on any atom is -0.207 e. The van der Waals surface area contributed by atoms with Crippen LogP contribution in [-0.4, -0.2) is 10.7 Å². The van der Waals surface area contributed by atoms with Crippen LogP contribution in [0.4, 0.5) is 8.78 Å². The van der Waals surface area contributed by atoms with Crippen molar-refractivity contribution in [1.29, 1.82) is 0 Å². The molecule has 0 bridgehead atoms. The summed E-state index contributed by atoms with van der Waals surface area (Å²) in [6.45, 7) is 0. The molecule has 0 heterocycles. The largest absolute Gasteiger partial charge is 0.248 e. The lowest BCUT2D eigenvalue weighted by molar-refractivity contribution is -0.0456. The Morgan fingerprint density at radius 2 is 1.71 bits per heavy atom. The zero-order valence-corrected chi connectivity index (χ0v) is 13.5. The van der Waals surface area contributed by atoms with E-state index in [2.05, 4.69) is 52.3 Å². The fourth-order valence-electron chi connectivity index (χ4n) is 3.27. The predicted octanol–water partition coefficient (Wildman–Crippen LogP) is 5.97. The van der Waals surface area contributed by atoms with Crippen LogP contribution in [0, 0.1) is 5.92 Å². The number of benzene rings is 2. The molecule has 1 aliphatic carbocycles. The fraction of sp³-hybridized carbons (Fsp3) is 0.444. The molecule has 3 rings (SSSR count). The molecule has 0 aliphatic heterocycles. The van der Waals surface area contributed by atoms with Gasteiger partial charge in [0.25, 0.3) is 0 Å². The molecule has 0 amide bonds. The molecule has 1 atom stereocenters. The second-order valence-corrected chi connectivity index (χ2v) is 7.23. The van der Waals surface area contributed by atoms with Crippen molar-refractivity contribution < 1.29 is 8.78 Å². The van der Waals surface area contributed by atoms with E-state index in [4.69, 9.17) is 0 Å². The number of hydrogen-bond donors (Lipinski definition) is 0. The van der Waals surface area contributed by atoms with Crippen molar-refractivity contribution >= 4 is 26.7 Å². The van der Waals surface area contributed by atoms with Crippen molar-refractivity contribution in [3.63, 3.8) is 0 Å². The van der Waals surface area contributed by atoms with Gasteiger partial charge in [-0.25, -0.2) is 8.78 Å². The van der Waals surface area contributed by atoms with Gasteiger partial charge in [-0.2, -0.15) is 0 Å². The van der Waals surface area contributed by atoms with Crippen LogP contribution in [0.5, 0.6) is 0 Å². The van der Waals surface area contributed by atoms with E-state index in [1.165, 1.54) is 16.3 Å². The first kappa shape index (κ1) is 15.0. The Bertz CT molecular complexity index is 608. The Morgan fingerprint density at radius 1 is 1.05 bits per heavy atom. The molecule has 2 aromatic rings. The highest BCUT2D eigenvalue weighted by Gasteiger charge is 2.37. The third-order valence-corrected chi connectivity index (χ3v) is 5.64. The second-order valence-electron chi connectivity index (χ2n) is 6.05. The summed E-state index contributed by atoms with van der Waals surface area (Å²) >= 11 is 3.75. The first-order valence-corrected chi connectivity index (χ1v) is 8.45. The Balaban J connectivity index is 1.73. The highest BCUT2D eigenvalue weighted by Crippen LogP contribution is 2.40. The molecule has 3 heteroatoms. The molecule has 21 heavy (non-hydrogen) atoms. The predicted molar refractivity (Wildman–Crippen MR) is 87.3 cm³/mol. The van der Waals surface area contributed by atoms with Crippen LogP contribution in [0.15, 0.2) is 42.5 Å². The molecule has 1 fully saturated rings. The molecule has 0 saturated heterocycles. The van der Waals surface area contributed by atoms with Gasteiger partial charge in [-0.15, -0.1) is 0 Å². The van der Waals surface area contributed by atoms with Gasteiger partial charge < -0.3 is 0 Å². The SMILES string of the molecule is FC1(F)CCC(C(Br)Cc2cccc3ccccc23)CC1. The smallest absolute Gasteiger partial charge is 0.207 e. The minimum atomic E-state index is -2.44. The third-order valence-electron chi connectivity index (χ3n) is 4.57. The maximum atomic E-state index is 13.3. The van der Waals surface area contributed by atoms with E-state index in [9.17, 15) is 8.78 Å². The van der Waals surface area contributed by atoms with Crippen LogP contribution >= 0.6 is 15.9 Å². The lowest BCUT2D eigenvalue weighted by Crippen LogP contribution is -2.29. The van der Waals surface area contributed by atoms with E-state index in [-0.39, 0.29) is 17.7 Å². The summed E-state index contributed by atoms with van der Waals surface area (Å²) in [4.78, 5) is 0.277. The highest BCUT2D eigenvalue weighted by atomic mass is 79.9. The van der Waals surface area contributed by atoms with Crippen LogP contribution in [-0.2, 0) is 6.42 Å². The first-order chi connectivity index (χ1) is 10.1. The summed E-state index contributed by atoms with van der Waals surface area (Å²) in [6, 6.07) is 14.7. The van der Waals surface area contributed by atoms with Gasteiger partial charge in [-0.3, -0.25) is 0 Å². The van der Waals surface area contributed by atoms with Crippen LogP contribution in [0.2, 0.25) is 0 Å². The van der Waals surface area contributed by atoms with Crippen LogP contribution in [0.25, 0.3) is 10.8 Å². The number of alkyl halides is 3. The highest BCUT2D eigenvalue weighted by molar-refractivity contribution is 9.09. The maximum absolute atomic E-state index is 13.3. The molecule has 0 nitrogen and oxygen atoms in total. The summed E-state index contributed by atoms with van der Waals surface area (Å²) in [5, 5.41) is 2.51. The van der Waals surface area contributed by atoms with Crippen molar-refractivity contribution in [3.05, 3.63) is 48.0 Å². The molecule has 2 aromatic carbocycles. The van der Waals surface area contributed by atoms with E-state index in [0.29, 0.717) is 18.8 Å². The quantitative estimate of drug-likeness (QED) is 0.596. The van der Waals surface area contributed by atoms with Gasteiger partial charge in [0, 0.05) is 17.7 Å². The first-order valence-electron chi connectivity index (χ1n) is 7.54. The number of rotatable bonds is 3. The van der Waals surface area contributed by atoms with Gasteiger partial charge in [-0.1, -0.05) is 58.4 Å². The maximum Gasteiger partial charge on any atom is 0.248 e. The summed E-state index contributed by atoms with van der Waals surface area (Å²) in [5.74, 6) is -2.09. The molecule has 0 spiro atoms. The molecule has 112 valence electrons. The van der Waals surface area contributed by atoms with Crippen LogP contribution in [0.3, 0.4) is 0 Å². The van der Waals surface area contributed by atoms with Crippen molar-refractivity contribution in [3.8, 4) is 0 Å². The lowest BCUT2D eigenvalue weighted by Gasteiger charge is -2.31. The molecule has 0 radical (unpaired) electrons. The Kier molecular flexibility index (Phi) is 4.30. The van der Waals surface area contributed by atoms with Gasteiger partial charge in [0.1, 0.15) is 0 Å². The van der Waals surface area contributed by atoms with E-state index < -0.39 is 5.92 Å². The van der Waals surface area contributed by atoms with Crippen molar-refractivity contribution in [2.75, 3.05) is 0 Å². The van der Waals surface area contributed by atoms with Gasteiger partial charge in [0.05, 0.1) is 0 Å².